The number of nitrogens with one attached hydrogen (secondary N) is 1. The minimum absolute atomic E-state index is 0.0361. The van der Waals surface area contributed by atoms with Crippen LogP contribution in [-0.2, 0) is 16.4 Å². The van der Waals surface area contributed by atoms with Crippen molar-refractivity contribution in [2.75, 3.05) is 11.6 Å². The fourth-order valence-electron chi connectivity index (χ4n) is 4.35. The van der Waals surface area contributed by atoms with Gasteiger partial charge in [-0.15, -0.1) is 0 Å². The summed E-state index contributed by atoms with van der Waals surface area (Å²) in [5.41, 5.74) is -1.30. The Hall–Kier alpha value is -3.51. The lowest BCUT2D eigenvalue weighted by atomic mass is 10.2. The fourth-order valence-corrected chi connectivity index (χ4v) is 5.32. The number of aromatic nitrogens is 3. The number of anilines is 2. The molecule has 0 saturated heterocycles. The van der Waals surface area contributed by atoms with Crippen LogP contribution in [-0.4, -0.2) is 28.4 Å². The molecule has 2 heterocycles. The Balaban J connectivity index is 1.89. The predicted molar refractivity (Wildman–Crippen MR) is 143 cm³/mol. The quantitative estimate of drug-likeness (QED) is 0.367. The lowest BCUT2D eigenvalue weighted by Gasteiger charge is -2.20. The van der Waals surface area contributed by atoms with Crippen LogP contribution in [0.15, 0.2) is 72.3 Å². The number of hydrogen-bond acceptors (Lipinski definition) is 6. The van der Waals surface area contributed by atoms with E-state index in [2.05, 4.69) is 21.2 Å². The standard InChI is InChI=1S/C25H22BrFN4O5S/c1-3-29-21(32)13-20(28-19-11-4-14(26)12-18(19)27)22-23(29)30(25(34)31(24(22)33)16-5-6-16)15-7-9-17(10-8-15)37(2,35)36/h4,7-13,16,28H,3,5-6H2,1-2H3. The van der Waals surface area contributed by atoms with Crippen molar-refractivity contribution in [3.63, 3.8) is 0 Å². The summed E-state index contributed by atoms with van der Waals surface area (Å²) in [5, 5.41) is 2.92. The molecule has 1 saturated carbocycles. The molecule has 0 spiro atoms. The Labute approximate surface area is 218 Å². The van der Waals surface area contributed by atoms with Crippen molar-refractivity contribution in [1.29, 1.82) is 0 Å². The smallest absolute Gasteiger partial charge is 0.337 e. The number of aryl methyl sites for hydroxylation is 1. The number of nitrogens with zero attached hydrogens (tertiary/aromatic N) is 3. The minimum atomic E-state index is -3.49. The molecule has 4 aromatic rings. The highest BCUT2D eigenvalue weighted by Crippen LogP contribution is 2.34. The van der Waals surface area contributed by atoms with Gasteiger partial charge in [0.1, 0.15) is 16.9 Å². The predicted octanol–water partition coefficient (Wildman–Crippen LogP) is 3.72. The first-order valence-corrected chi connectivity index (χ1v) is 14.2. The molecule has 0 radical (unpaired) electrons. The maximum atomic E-state index is 14.7. The molecule has 2 aromatic heterocycles. The van der Waals surface area contributed by atoms with E-state index in [9.17, 15) is 27.2 Å². The first-order valence-electron chi connectivity index (χ1n) is 11.5. The highest BCUT2D eigenvalue weighted by Gasteiger charge is 2.31. The van der Waals surface area contributed by atoms with Gasteiger partial charge in [0, 0.05) is 29.4 Å². The van der Waals surface area contributed by atoms with E-state index in [1.54, 1.807) is 13.0 Å². The van der Waals surface area contributed by atoms with Gasteiger partial charge in [-0.2, -0.15) is 0 Å². The highest BCUT2D eigenvalue weighted by atomic mass is 79.9. The van der Waals surface area contributed by atoms with Crippen LogP contribution in [0.3, 0.4) is 0 Å². The molecule has 2 aromatic carbocycles. The number of halogens is 2. The summed E-state index contributed by atoms with van der Waals surface area (Å²) < 4.78 is 42.8. The maximum absolute atomic E-state index is 14.7. The van der Waals surface area contributed by atoms with Crippen molar-refractivity contribution in [2.45, 2.75) is 37.2 Å². The van der Waals surface area contributed by atoms with Crippen LogP contribution in [0.5, 0.6) is 0 Å². The molecule has 0 unspecified atom stereocenters. The zero-order valence-electron chi connectivity index (χ0n) is 19.9. The van der Waals surface area contributed by atoms with Gasteiger partial charge in [0.15, 0.2) is 9.84 Å². The molecule has 0 aliphatic heterocycles. The molecule has 12 heteroatoms. The Bertz CT molecular complexity index is 1860. The van der Waals surface area contributed by atoms with Crippen LogP contribution in [0, 0.1) is 5.82 Å². The molecule has 1 fully saturated rings. The molecule has 5 rings (SSSR count). The van der Waals surface area contributed by atoms with E-state index < -0.39 is 32.5 Å². The lowest BCUT2D eigenvalue weighted by Crippen LogP contribution is -2.41. The van der Waals surface area contributed by atoms with Gasteiger partial charge in [0.25, 0.3) is 11.1 Å². The number of pyridine rings is 1. The van der Waals surface area contributed by atoms with Crippen molar-refractivity contribution in [2.24, 2.45) is 0 Å². The van der Waals surface area contributed by atoms with Crippen molar-refractivity contribution < 1.29 is 12.8 Å². The minimum Gasteiger partial charge on any atom is -0.352 e. The van der Waals surface area contributed by atoms with Gasteiger partial charge in [0.2, 0.25) is 0 Å². The van der Waals surface area contributed by atoms with Crippen molar-refractivity contribution in [3.8, 4) is 5.69 Å². The van der Waals surface area contributed by atoms with Gasteiger partial charge in [-0.3, -0.25) is 18.7 Å². The summed E-state index contributed by atoms with van der Waals surface area (Å²) in [5.74, 6) is -0.602. The van der Waals surface area contributed by atoms with Crippen LogP contribution in [0.2, 0.25) is 0 Å². The van der Waals surface area contributed by atoms with Gasteiger partial charge in [-0.1, -0.05) is 15.9 Å². The summed E-state index contributed by atoms with van der Waals surface area (Å²) in [6.07, 6.45) is 2.36. The summed E-state index contributed by atoms with van der Waals surface area (Å²) >= 11 is 3.21. The second-order valence-electron chi connectivity index (χ2n) is 8.88. The third-order valence-corrected chi connectivity index (χ3v) is 7.90. The number of benzene rings is 2. The highest BCUT2D eigenvalue weighted by molar-refractivity contribution is 9.10. The first-order chi connectivity index (χ1) is 17.5. The number of hydrogen-bond donors (Lipinski definition) is 1. The molecule has 192 valence electrons. The van der Waals surface area contributed by atoms with Crippen LogP contribution >= 0.6 is 15.9 Å². The molecule has 1 aliphatic rings. The number of rotatable bonds is 6. The van der Waals surface area contributed by atoms with Crippen molar-refractivity contribution in [1.82, 2.24) is 13.7 Å². The second kappa shape index (κ2) is 9.10. The number of sulfone groups is 1. The van der Waals surface area contributed by atoms with E-state index in [0.717, 1.165) is 10.8 Å². The summed E-state index contributed by atoms with van der Waals surface area (Å²) in [4.78, 5) is 40.7. The molecule has 0 amide bonds. The summed E-state index contributed by atoms with van der Waals surface area (Å²) in [7, 11) is -3.49. The monoisotopic (exact) mass is 588 g/mol. The van der Waals surface area contributed by atoms with Gasteiger partial charge in [-0.05, 0) is 62.2 Å². The van der Waals surface area contributed by atoms with Crippen LogP contribution in [0.1, 0.15) is 25.8 Å². The Morgan fingerprint density at radius 1 is 1.03 bits per heavy atom. The molecule has 0 bridgehead atoms. The summed E-state index contributed by atoms with van der Waals surface area (Å²) in [6, 6.07) is 10.9. The second-order valence-corrected chi connectivity index (χ2v) is 11.8. The van der Waals surface area contributed by atoms with E-state index in [1.165, 1.54) is 51.6 Å². The molecule has 37 heavy (non-hydrogen) atoms. The Morgan fingerprint density at radius 2 is 1.70 bits per heavy atom. The topological polar surface area (TPSA) is 112 Å². The zero-order chi connectivity index (χ0) is 26.6. The van der Waals surface area contributed by atoms with E-state index in [1.807, 2.05) is 0 Å². The van der Waals surface area contributed by atoms with Crippen LogP contribution in [0.4, 0.5) is 15.8 Å². The van der Waals surface area contributed by atoms with E-state index in [4.69, 9.17) is 0 Å². The van der Waals surface area contributed by atoms with Gasteiger partial charge in [0.05, 0.1) is 22.0 Å². The third-order valence-electron chi connectivity index (χ3n) is 6.28. The van der Waals surface area contributed by atoms with Gasteiger partial charge >= 0.3 is 5.69 Å². The molecular formula is C25H22BrFN4O5S. The van der Waals surface area contributed by atoms with Gasteiger partial charge < -0.3 is 5.32 Å². The van der Waals surface area contributed by atoms with Crippen molar-refractivity contribution >= 4 is 48.2 Å². The van der Waals surface area contributed by atoms with Crippen molar-refractivity contribution in [3.05, 3.63) is 90.0 Å². The molecular weight excluding hydrogens is 567 g/mol. The van der Waals surface area contributed by atoms with Crippen LogP contribution < -0.4 is 22.1 Å². The largest absolute Gasteiger partial charge is 0.352 e. The Morgan fingerprint density at radius 3 is 2.27 bits per heavy atom. The zero-order valence-corrected chi connectivity index (χ0v) is 22.3. The Kier molecular flexibility index (Phi) is 6.19. The van der Waals surface area contributed by atoms with E-state index in [-0.39, 0.29) is 45.6 Å². The lowest BCUT2D eigenvalue weighted by molar-refractivity contribution is 0.602. The van der Waals surface area contributed by atoms with Gasteiger partial charge in [-0.25, -0.2) is 22.2 Å². The average molecular weight is 589 g/mol. The summed E-state index contributed by atoms with van der Waals surface area (Å²) in [6.45, 7) is 1.85. The molecule has 1 aliphatic carbocycles. The fraction of sp³-hybridized carbons (Fsp3) is 0.240. The SMILES string of the molecule is CCn1c(=O)cc(Nc2ccc(Br)cc2F)c2c(=O)n(C3CC3)c(=O)n(-c3ccc(S(C)(=O)=O)cc3)c21. The first kappa shape index (κ1) is 25.2. The van der Waals surface area contributed by atoms with Crippen LogP contribution in [0.25, 0.3) is 16.7 Å². The maximum Gasteiger partial charge on any atom is 0.337 e. The molecule has 1 N–H and O–H groups in total. The third kappa shape index (κ3) is 4.44. The van der Waals surface area contributed by atoms with E-state index in [0.29, 0.717) is 17.3 Å². The average Bonchev–Trinajstić information content (AvgIpc) is 3.66. The molecule has 0 atom stereocenters. The van der Waals surface area contributed by atoms with E-state index >= 15 is 0 Å². The molecule has 9 nitrogen and oxygen atoms in total. The normalized spacial score (nSPS) is 13.7. The number of fused-ring (bicyclic) bond motifs is 1.